The summed E-state index contributed by atoms with van der Waals surface area (Å²) in [6.07, 6.45) is 9.05. The molecule has 0 radical (unpaired) electrons. The van der Waals surface area contributed by atoms with Crippen molar-refractivity contribution in [3.05, 3.63) is 0 Å². The van der Waals surface area contributed by atoms with Crippen LogP contribution in [0.3, 0.4) is 0 Å². The van der Waals surface area contributed by atoms with E-state index in [1.807, 2.05) is 0 Å². The summed E-state index contributed by atoms with van der Waals surface area (Å²) in [6, 6.07) is 0.698. The Hall–Kier alpha value is -0.280. The SMILES string of the molecule is CC1CCCCN1C(=O)CC1CCCCC1N.Cl. The monoisotopic (exact) mass is 274 g/mol. The summed E-state index contributed by atoms with van der Waals surface area (Å²) in [4.78, 5) is 14.4. The molecule has 3 atom stereocenters. The van der Waals surface area contributed by atoms with Crippen LogP contribution in [-0.2, 0) is 4.79 Å². The number of nitrogens with zero attached hydrogens (tertiary/aromatic N) is 1. The summed E-state index contributed by atoms with van der Waals surface area (Å²) in [7, 11) is 0. The summed E-state index contributed by atoms with van der Waals surface area (Å²) >= 11 is 0. The Morgan fingerprint density at radius 1 is 1.17 bits per heavy atom. The van der Waals surface area contributed by atoms with Crippen molar-refractivity contribution in [1.29, 1.82) is 0 Å². The van der Waals surface area contributed by atoms with Gasteiger partial charge in [0, 0.05) is 25.0 Å². The molecule has 1 aliphatic carbocycles. The molecule has 1 saturated carbocycles. The zero-order valence-electron chi connectivity index (χ0n) is 11.4. The Balaban J connectivity index is 0.00000162. The molecule has 1 aliphatic heterocycles. The average Bonchev–Trinajstić information content (AvgIpc) is 2.32. The van der Waals surface area contributed by atoms with Crippen LogP contribution in [0.15, 0.2) is 0 Å². The van der Waals surface area contributed by atoms with E-state index in [9.17, 15) is 4.79 Å². The molecule has 2 fully saturated rings. The molecule has 0 aromatic heterocycles. The number of piperidine rings is 1. The first-order chi connectivity index (χ1) is 8.18. The van der Waals surface area contributed by atoms with Gasteiger partial charge < -0.3 is 10.6 Å². The van der Waals surface area contributed by atoms with Crippen LogP contribution in [0.5, 0.6) is 0 Å². The van der Waals surface area contributed by atoms with E-state index in [0.717, 1.165) is 19.4 Å². The molecule has 0 aromatic rings. The molecule has 3 nitrogen and oxygen atoms in total. The van der Waals surface area contributed by atoms with Crippen molar-refractivity contribution in [2.45, 2.75) is 70.4 Å². The third kappa shape index (κ3) is 3.86. The lowest BCUT2D eigenvalue weighted by Gasteiger charge is -2.36. The lowest BCUT2D eigenvalue weighted by molar-refractivity contribution is -0.135. The van der Waals surface area contributed by atoms with E-state index in [-0.39, 0.29) is 18.4 Å². The Labute approximate surface area is 117 Å². The Morgan fingerprint density at radius 3 is 2.50 bits per heavy atom. The number of carbonyl (C=O) groups excluding carboxylic acids is 1. The van der Waals surface area contributed by atoms with E-state index in [4.69, 9.17) is 5.73 Å². The quantitative estimate of drug-likeness (QED) is 0.842. The van der Waals surface area contributed by atoms with E-state index >= 15 is 0 Å². The zero-order valence-corrected chi connectivity index (χ0v) is 12.3. The van der Waals surface area contributed by atoms with Crippen LogP contribution in [0.25, 0.3) is 0 Å². The van der Waals surface area contributed by atoms with Gasteiger partial charge >= 0.3 is 0 Å². The number of hydrogen-bond donors (Lipinski definition) is 1. The first kappa shape index (κ1) is 15.8. The fraction of sp³-hybridized carbons (Fsp3) is 0.929. The largest absolute Gasteiger partial charge is 0.340 e. The van der Waals surface area contributed by atoms with Crippen molar-refractivity contribution >= 4 is 18.3 Å². The molecule has 18 heavy (non-hydrogen) atoms. The number of halogens is 1. The molecule has 4 heteroatoms. The Bertz CT molecular complexity index is 273. The smallest absolute Gasteiger partial charge is 0.223 e. The molecule has 0 aromatic carbocycles. The number of nitrogens with two attached hydrogens (primary N) is 1. The van der Waals surface area contributed by atoms with Crippen molar-refractivity contribution in [1.82, 2.24) is 4.90 Å². The molecule has 3 unspecified atom stereocenters. The normalized spacial score (nSPS) is 32.8. The van der Waals surface area contributed by atoms with E-state index in [2.05, 4.69) is 11.8 Å². The van der Waals surface area contributed by atoms with Gasteiger partial charge in [0.2, 0.25) is 5.91 Å². The first-order valence-corrected chi connectivity index (χ1v) is 7.23. The third-order valence-corrected chi connectivity index (χ3v) is 4.53. The third-order valence-electron chi connectivity index (χ3n) is 4.53. The average molecular weight is 275 g/mol. The molecule has 106 valence electrons. The highest BCUT2D eigenvalue weighted by atomic mass is 35.5. The van der Waals surface area contributed by atoms with Gasteiger partial charge in [0.1, 0.15) is 0 Å². The summed E-state index contributed by atoms with van der Waals surface area (Å²) in [5.74, 6) is 0.782. The second kappa shape index (κ2) is 7.34. The molecule has 0 bridgehead atoms. The van der Waals surface area contributed by atoms with Crippen molar-refractivity contribution < 1.29 is 4.79 Å². The van der Waals surface area contributed by atoms with Gasteiger partial charge in [0.05, 0.1) is 0 Å². The lowest BCUT2D eigenvalue weighted by atomic mass is 9.82. The van der Waals surface area contributed by atoms with Crippen LogP contribution in [0.2, 0.25) is 0 Å². The number of carbonyl (C=O) groups is 1. The number of likely N-dealkylation sites (tertiary alicyclic amines) is 1. The lowest BCUT2D eigenvalue weighted by Crippen LogP contribution is -2.44. The number of rotatable bonds is 2. The highest BCUT2D eigenvalue weighted by Crippen LogP contribution is 2.27. The van der Waals surface area contributed by atoms with Crippen LogP contribution < -0.4 is 5.73 Å². The minimum atomic E-state index is 0. The van der Waals surface area contributed by atoms with Crippen LogP contribution in [0.4, 0.5) is 0 Å². The molecule has 2 rings (SSSR count). The highest BCUT2D eigenvalue weighted by Gasteiger charge is 2.29. The summed E-state index contributed by atoms with van der Waals surface area (Å²) in [5.41, 5.74) is 6.12. The van der Waals surface area contributed by atoms with Crippen LogP contribution >= 0.6 is 12.4 Å². The van der Waals surface area contributed by atoms with E-state index in [0.29, 0.717) is 24.3 Å². The minimum absolute atomic E-state index is 0. The molecule has 2 N–H and O–H groups in total. The fourth-order valence-corrected chi connectivity index (χ4v) is 3.30. The summed E-state index contributed by atoms with van der Waals surface area (Å²) < 4.78 is 0. The molecule has 2 aliphatic rings. The van der Waals surface area contributed by atoms with Crippen molar-refractivity contribution in [2.24, 2.45) is 11.7 Å². The molecule has 1 saturated heterocycles. The second-order valence-corrected chi connectivity index (χ2v) is 5.84. The standard InChI is InChI=1S/C14H26N2O.ClH/c1-11-6-4-5-9-16(11)14(17)10-12-7-2-3-8-13(12)15;/h11-13H,2-10,15H2,1H3;1H. The Kier molecular flexibility index (Phi) is 6.44. The predicted molar refractivity (Wildman–Crippen MR) is 76.8 cm³/mol. The molecule has 1 heterocycles. The van der Waals surface area contributed by atoms with E-state index < -0.39 is 0 Å². The second-order valence-electron chi connectivity index (χ2n) is 5.84. The van der Waals surface area contributed by atoms with E-state index in [1.54, 1.807) is 0 Å². The van der Waals surface area contributed by atoms with Gasteiger partial charge in [0.25, 0.3) is 0 Å². The molecular weight excluding hydrogens is 248 g/mol. The minimum Gasteiger partial charge on any atom is -0.340 e. The van der Waals surface area contributed by atoms with Gasteiger partial charge in [-0.1, -0.05) is 12.8 Å². The molecule has 1 amide bonds. The maximum Gasteiger partial charge on any atom is 0.223 e. The van der Waals surface area contributed by atoms with Crippen molar-refractivity contribution in [3.63, 3.8) is 0 Å². The first-order valence-electron chi connectivity index (χ1n) is 7.23. The number of hydrogen-bond acceptors (Lipinski definition) is 2. The summed E-state index contributed by atoms with van der Waals surface area (Å²) in [6.45, 7) is 3.14. The van der Waals surface area contributed by atoms with Gasteiger partial charge in [0.15, 0.2) is 0 Å². The van der Waals surface area contributed by atoms with Crippen LogP contribution in [-0.4, -0.2) is 29.4 Å². The highest BCUT2D eigenvalue weighted by molar-refractivity contribution is 5.85. The van der Waals surface area contributed by atoms with Crippen molar-refractivity contribution in [2.75, 3.05) is 6.54 Å². The van der Waals surface area contributed by atoms with Crippen LogP contribution in [0.1, 0.15) is 58.3 Å². The van der Waals surface area contributed by atoms with Crippen molar-refractivity contribution in [3.8, 4) is 0 Å². The van der Waals surface area contributed by atoms with Gasteiger partial charge in [-0.2, -0.15) is 0 Å². The molecule has 0 spiro atoms. The van der Waals surface area contributed by atoms with Gasteiger partial charge in [-0.15, -0.1) is 12.4 Å². The maximum atomic E-state index is 12.3. The number of amides is 1. The van der Waals surface area contributed by atoms with Gasteiger partial charge in [-0.25, -0.2) is 0 Å². The fourth-order valence-electron chi connectivity index (χ4n) is 3.30. The predicted octanol–water partition coefficient (Wildman–Crippen LogP) is 2.72. The topological polar surface area (TPSA) is 46.3 Å². The van der Waals surface area contributed by atoms with Gasteiger partial charge in [-0.3, -0.25) is 4.79 Å². The van der Waals surface area contributed by atoms with E-state index in [1.165, 1.54) is 32.1 Å². The Morgan fingerprint density at radius 2 is 1.83 bits per heavy atom. The summed E-state index contributed by atoms with van der Waals surface area (Å²) in [5, 5.41) is 0. The van der Waals surface area contributed by atoms with Crippen LogP contribution in [0, 0.1) is 5.92 Å². The molecular formula is C14H27ClN2O. The van der Waals surface area contributed by atoms with Gasteiger partial charge in [-0.05, 0) is 44.9 Å². The maximum absolute atomic E-state index is 12.3. The zero-order chi connectivity index (χ0) is 12.3.